The second kappa shape index (κ2) is 9.17. The van der Waals surface area contributed by atoms with E-state index in [0.29, 0.717) is 12.1 Å². The Kier molecular flexibility index (Phi) is 9.12. The molecule has 0 aromatic rings. The molecule has 1 heterocycles. The van der Waals surface area contributed by atoms with Gasteiger partial charge in [0.05, 0.1) is 12.7 Å². The number of unbranched alkanes of at least 4 members (excludes halogenated alkanes) is 1. The van der Waals surface area contributed by atoms with Crippen LogP contribution in [0.3, 0.4) is 0 Å². The lowest BCUT2D eigenvalue weighted by Crippen LogP contribution is -2.36. The van der Waals surface area contributed by atoms with Gasteiger partial charge in [-0.3, -0.25) is 0 Å². The summed E-state index contributed by atoms with van der Waals surface area (Å²) in [5.41, 5.74) is 0. The first kappa shape index (κ1) is 14.9. The van der Waals surface area contributed by atoms with E-state index < -0.39 is 0 Å². The lowest BCUT2D eigenvalue weighted by Gasteiger charge is -2.26. The van der Waals surface area contributed by atoms with Crippen LogP contribution in [0.15, 0.2) is 0 Å². The lowest BCUT2D eigenvalue weighted by atomic mass is 10.1. The molecule has 15 heavy (non-hydrogen) atoms. The Morgan fingerprint density at radius 3 is 2.27 bits per heavy atom. The molecule has 92 valence electrons. The molecule has 0 aliphatic carbocycles. The highest BCUT2D eigenvalue weighted by Gasteiger charge is 2.34. The summed E-state index contributed by atoms with van der Waals surface area (Å²) in [6.07, 6.45) is 5.72. The number of likely N-dealkylation sites (N-methyl/N-ethyl adjacent to an activating group) is 1. The van der Waals surface area contributed by atoms with Crippen molar-refractivity contribution in [3.63, 3.8) is 0 Å². The highest BCUT2D eigenvalue weighted by molar-refractivity contribution is 4.85. The highest BCUT2D eigenvalue weighted by Crippen LogP contribution is 2.22. The van der Waals surface area contributed by atoms with Crippen molar-refractivity contribution in [1.29, 1.82) is 0 Å². The van der Waals surface area contributed by atoms with E-state index in [1.54, 1.807) is 0 Å². The standard InChI is InChI=1S/C11H23NO.C2H6/c1-4-6-7-10(11-9-13-11)12(3)8-5-2;1-2/h10-11H,4-9H2,1-3H3;1-2H3. The molecular formula is C13H29NO. The summed E-state index contributed by atoms with van der Waals surface area (Å²) in [4.78, 5) is 2.47. The molecule has 0 radical (unpaired) electrons. The molecule has 2 heteroatoms. The summed E-state index contributed by atoms with van der Waals surface area (Å²) in [5.74, 6) is 0. The summed E-state index contributed by atoms with van der Waals surface area (Å²) in [6, 6.07) is 0.680. The van der Waals surface area contributed by atoms with Gasteiger partial charge in [-0.1, -0.05) is 40.5 Å². The van der Waals surface area contributed by atoms with E-state index >= 15 is 0 Å². The van der Waals surface area contributed by atoms with Crippen LogP contribution in [0.1, 0.15) is 53.4 Å². The van der Waals surface area contributed by atoms with Crippen molar-refractivity contribution < 1.29 is 4.74 Å². The molecule has 0 aromatic carbocycles. The molecule has 1 aliphatic heterocycles. The zero-order chi connectivity index (χ0) is 11.7. The van der Waals surface area contributed by atoms with Crippen LogP contribution in [-0.2, 0) is 4.74 Å². The fraction of sp³-hybridized carbons (Fsp3) is 1.00. The first-order valence-corrected chi connectivity index (χ1v) is 6.61. The third-order valence-corrected chi connectivity index (χ3v) is 2.78. The Morgan fingerprint density at radius 2 is 1.87 bits per heavy atom. The van der Waals surface area contributed by atoms with Crippen molar-refractivity contribution in [2.45, 2.75) is 65.5 Å². The topological polar surface area (TPSA) is 15.8 Å². The zero-order valence-electron chi connectivity index (χ0n) is 11.3. The maximum Gasteiger partial charge on any atom is 0.0964 e. The van der Waals surface area contributed by atoms with Crippen LogP contribution in [0.4, 0.5) is 0 Å². The lowest BCUT2D eigenvalue weighted by molar-refractivity contribution is 0.183. The van der Waals surface area contributed by atoms with E-state index in [1.165, 1.54) is 32.2 Å². The maximum absolute atomic E-state index is 5.39. The molecule has 2 atom stereocenters. The van der Waals surface area contributed by atoms with E-state index in [0.717, 1.165) is 6.61 Å². The monoisotopic (exact) mass is 215 g/mol. The predicted molar refractivity (Wildman–Crippen MR) is 67.3 cm³/mol. The molecule has 1 fully saturated rings. The van der Waals surface area contributed by atoms with Crippen molar-refractivity contribution in [3.05, 3.63) is 0 Å². The van der Waals surface area contributed by atoms with Gasteiger partial charge in [0, 0.05) is 6.04 Å². The van der Waals surface area contributed by atoms with Gasteiger partial charge in [-0.2, -0.15) is 0 Å². The second-order valence-electron chi connectivity index (χ2n) is 4.06. The predicted octanol–water partition coefficient (Wildman–Crippen LogP) is 3.31. The van der Waals surface area contributed by atoms with Crippen LogP contribution < -0.4 is 0 Å². The van der Waals surface area contributed by atoms with Gasteiger partial charge in [-0.15, -0.1) is 0 Å². The van der Waals surface area contributed by atoms with Crippen LogP contribution in [0, 0.1) is 0 Å². The highest BCUT2D eigenvalue weighted by atomic mass is 16.6. The molecule has 0 saturated carbocycles. The zero-order valence-corrected chi connectivity index (χ0v) is 11.3. The normalized spacial score (nSPS) is 20.8. The molecule has 0 aromatic heterocycles. The van der Waals surface area contributed by atoms with Gasteiger partial charge in [-0.25, -0.2) is 0 Å². The third-order valence-electron chi connectivity index (χ3n) is 2.78. The minimum atomic E-state index is 0.545. The summed E-state index contributed by atoms with van der Waals surface area (Å²) < 4.78 is 5.39. The molecule has 0 N–H and O–H groups in total. The number of rotatable bonds is 7. The van der Waals surface area contributed by atoms with Crippen LogP contribution in [-0.4, -0.2) is 37.2 Å². The third kappa shape index (κ3) is 6.16. The fourth-order valence-corrected chi connectivity index (χ4v) is 1.90. The first-order chi connectivity index (χ1) is 7.29. The smallest absolute Gasteiger partial charge is 0.0964 e. The van der Waals surface area contributed by atoms with Crippen LogP contribution in [0.25, 0.3) is 0 Å². The second-order valence-corrected chi connectivity index (χ2v) is 4.06. The van der Waals surface area contributed by atoms with Crippen LogP contribution >= 0.6 is 0 Å². The number of ether oxygens (including phenoxy) is 1. The maximum atomic E-state index is 5.39. The molecular weight excluding hydrogens is 186 g/mol. The van der Waals surface area contributed by atoms with E-state index in [9.17, 15) is 0 Å². The summed E-state index contributed by atoms with van der Waals surface area (Å²) in [5, 5.41) is 0. The largest absolute Gasteiger partial charge is 0.371 e. The van der Waals surface area contributed by atoms with E-state index in [1.807, 2.05) is 13.8 Å². The van der Waals surface area contributed by atoms with Crippen molar-refractivity contribution in [1.82, 2.24) is 4.90 Å². The van der Waals surface area contributed by atoms with E-state index in [2.05, 4.69) is 25.8 Å². The van der Waals surface area contributed by atoms with Gasteiger partial charge in [0.2, 0.25) is 0 Å². The SMILES string of the molecule is CC.CCCCC(C1CO1)N(C)CCC. The van der Waals surface area contributed by atoms with Gasteiger partial charge < -0.3 is 9.64 Å². The molecule has 1 rings (SSSR count). The van der Waals surface area contributed by atoms with Gasteiger partial charge in [0.25, 0.3) is 0 Å². The summed E-state index contributed by atoms with van der Waals surface area (Å²) in [7, 11) is 2.23. The van der Waals surface area contributed by atoms with E-state index in [4.69, 9.17) is 4.74 Å². The van der Waals surface area contributed by atoms with Crippen molar-refractivity contribution >= 4 is 0 Å². The van der Waals surface area contributed by atoms with Crippen molar-refractivity contribution in [2.24, 2.45) is 0 Å². The number of hydrogen-bond acceptors (Lipinski definition) is 2. The number of hydrogen-bond donors (Lipinski definition) is 0. The summed E-state index contributed by atoms with van der Waals surface area (Å²) in [6.45, 7) is 10.7. The van der Waals surface area contributed by atoms with Crippen molar-refractivity contribution in [2.75, 3.05) is 20.2 Å². The molecule has 1 saturated heterocycles. The quantitative estimate of drug-likeness (QED) is 0.606. The average Bonchev–Trinajstić information content (AvgIpc) is 3.06. The minimum absolute atomic E-state index is 0.545. The van der Waals surface area contributed by atoms with Gasteiger partial charge in [0.1, 0.15) is 0 Å². The fourth-order valence-electron chi connectivity index (χ4n) is 1.90. The Morgan fingerprint density at radius 1 is 1.27 bits per heavy atom. The molecule has 0 spiro atoms. The molecule has 2 nitrogen and oxygen atoms in total. The summed E-state index contributed by atoms with van der Waals surface area (Å²) >= 11 is 0. The number of epoxide rings is 1. The Balaban J connectivity index is 0.000000921. The van der Waals surface area contributed by atoms with Crippen molar-refractivity contribution in [3.8, 4) is 0 Å². The average molecular weight is 215 g/mol. The van der Waals surface area contributed by atoms with Gasteiger partial charge in [-0.05, 0) is 26.4 Å². The van der Waals surface area contributed by atoms with Crippen LogP contribution in [0.2, 0.25) is 0 Å². The number of nitrogens with zero attached hydrogens (tertiary/aromatic N) is 1. The minimum Gasteiger partial charge on any atom is -0.371 e. The van der Waals surface area contributed by atoms with Gasteiger partial charge in [0.15, 0.2) is 0 Å². The Labute approximate surface area is 96.0 Å². The first-order valence-electron chi connectivity index (χ1n) is 6.61. The Hall–Kier alpha value is -0.0800. The Bertz CT molecular complexity index is 134. The van der Waals surface area contributed by atoms with E-state index in [-0.39, 0.29) is 0 Å². The van der Waals surface area contributed by atoms with Gasteiger partial charge >= 0.3 is 0 Å². The molecule has 1 aliphatic rings. The molecule has 0 amide bonds. The van der Waals surface area contributed by atoms with Crippen LogP contribution in [0.5, 0.6) is 0 Å². The molecule has 2 unspecified atom stereocenters. The molecule has 0 bridgehead atoms.